The van der Waals surface area contributed by atoms with Crippen molar-refractivity contribution in [3.05, 3.63) is 77.1 Å². The van der Waals surface area contributed by atoms with Gasteiger partial charge in [0.25, 0.3) is 5.91 Å². The average Bonchev–Trinajstić information content (AvgIpc) is 2.92. The Bertz CT molecular complexity index is 1410. The van der Waals surface area contributed by atoms with Crippen LogP contribution in [0.15, 0.2) is 54.6 Å². The number of amides is 2. The van der Waals surface area contributed by atoms with E-state index in [4.69, 9.17) is 10.00 Å². The van der Waals surface area contributed by atoms with E-state index >= 15 is 0 Å². The maximum Gasteiger partial charge on any atom is 0.253 e. The molecular formula is C29H27FN4O3. The zero-order valence-corrected chi connectivity index (χ0v) is 20.8. The number of pyridine rings is 1. The molecule has 37 heavy (non-hydrogen) atoms. The maximum atomic E-state index is 14.8. The fourth-order valence-electron chi connectivity index (χ4n) is 5.22. The molecule has 2 aliphatic heterocycles. The summed E-state index contributed by atoms with van der Waals surface area (Å²) < 4.78 is 20.8. The van der Waals surface area contributed by atoms with Crippen molar-refractivity contribution >= 4 is 11.8 Å². The van der Waals surface area contributed by atoms with E-state index in [-0.39, 0.29) is 17.5 Å². The number of carbonyl (C=O) groups is 2. The molecule has 5 rings (SSSR count). The number of fused-ring (bicyclic) bond motifs is 2. The molecule has 3 heterocycles. The Balaban J connectivity index is 1.50. The molecule has 1 saturated heterocycles. The van der Waals surface area contributed by atoms with Crippen LogP contribution in [0.1, 0.15) is 60.5 Å². The van der Waals surface area contributed by atoms with Gasteiger partial charge in [-0.1, -0.05) is 44.2 Å². The van der Waals surface area contributed by atoms with Gasteiger partial charge in [0.15, 0.2) is 17.8 Å². The van der Waals surface area contributed by atoms with Crippen molar-refractivity contribution in [2.75, 3.05) is 13.1 Å². The first-order valence-corrected chi connectivity index (χ1v) is 12.4. The summed E-state index contributed by atoms with van der Waals surface area (Å²) in [6, 6.07) is 15.5. The lowest BCUT2D eigenvalue weighted by molar-refractivity contribution is -0.128. The molecule has 2 amide bonds. The zero-order chi connectivity index (χ0) is 26.2. The minimum atomic E-state index is -1.10. The van der Waals surface area contributed by atoms with Gasteiger partial charge in [-0.05, 0) is 43.5 Å². The summed E-state index contributed by atoms with van der Waals surface area (Å²) >= 11 is 0. The summed E-state index contributed by atoms with van der Waals surface area (Å²) in [6.07, 6.45) is 4.91. The lowest BCUT2D eigenvalue weighted by atomic mass is 9.69. The third-order valence-electron chi connectivity index (χ3n) is 7.26. The number of likely N-dealkylation sites (tertiary alicyclic amines) is 1. The van der Waals surface area contributed by atoms with Crippen LogP contribution in [0.2, 0.25) is 0 Å². The number of hydrogen-bond donors (Lipinski definition) is 1. The molecule has 1 aromatic heterocycles. The Morgan fingerprint density at radius 3 is 2.49 bits per heavy atom. The number of para-hydroxylation sites is 1. The predicted octanol–water partition coefficient (Wildman–Crippen LogP) is 5.37. The number of hydrogen-bond acceptors (Lipinski definition) is 5. The van der Waals surface area contributed by atoms with Crippen molar-refractivity contribution in [3.8, 4) is 29.1 Å². The standard InChI is InChI=1S/C29H27FN4O3/c1-29(2,28(36)32-17-31)24-20-7-6-8-22(30)25(20)37-26-21(24)13-14-23(33-26)18-9-11-19(12-10-18)27(35)34-15-4-3-5-16-34/h6-14,24H,3-5,15-16H2,1-2H3,(H,32,36)/t24-/m0/s1. The van der Waals surface area contributed by atoms with Crippen molar-refractivity contribution in [1.82, 2.24) is 15.2 Å². The summed E-state index contributed by atoms with van der Waals surface area (Å²) in [5.74, 6) is -1.39. The molecule has 2 aromatic carbocycles. The first-order valence-electron chi connectivity index (χ1n) is 12.4. The highest BCUT2D eigenvalue weighted by atomic mass is 19.1. The van der Waals surface area contributed by atoms with Crippen LogP contribution in [0.25, 0.3) is 11.3 Å². The average molecular weight is 499 g/mol. The first-order chi connectivity index (χ1) is 17.8. The van der Waals surface area contributed by atoms with Crippen molar-refractivity contribution in [3.63, 3.8) is 0 Å². The minimum absolute atomic E-state index is 0.0185. The zero-order valence-electron chi connectivity index (χ0n) is 20.8. The molecule has 2 aliphatic rings. The van der Waals surface area contributed by atoms with Crippen molar-refractivity contribution in [2.45, 2.75) is 39.0 Å². The summed E-state index contributed by atoms with van der Waals surface area (Å²) in [6.45, 7) is 4.98. The van der Waals surface area contributed by atoms with Crippen molar-refractivity contribution in [2.24, 2.45) is 5.41 Å². The number of aromatic nitrogens is 1. The highest BCUT2D eigenvalue weighted by Crippen LogP contribution is 2.52. The second-order valence-corrected chi connectivity index (χ2v) is 10.0. The summed E-state index contributed by atoms with van der Waals surface area (Å²) in [7, 11) is 0. The molecule has 1 fully saturated rings. The molecule has 0 saturated carbocycles. The van der Waals surface area contributed by atoms with Crippen molar-refractivity contribution < 1.29 is 18.7 Å². The molecule has 3 aromatic rings. The Morgan fingerprint density at radius 2 is 1.78 bits per heavy atom. The largest absolute Gasteiger partial charge is 0.435 e. The SMILES string of the molecule is CC(C)(C(=O)NC#N)[C@@H]1c2ccc(-c3ccc(C(=O)N4CCCCC4)cc3)nc2Oc2c(F)cccc21. The third kappa shape index (κ3) is 4.42. The number of ether oxygens (including phenoxy) is 1. The van der Waals surface area contributed by atoms with Gasteiger partial charge in [-0.15, -0.1) is 0 Å². The fraction of sp³-hybridized carbons (Fsp3) is 0.310. The van der Waals surface area contributed by atoms with E-state index in [9.17, 15) is 14.0 Å². The van der Waals surface area contributed by atoms with Crippen LogP contribution in [0, 0.1) is 22.7 Å². The number of nitriles is 1. The third-order valence-corrected chi connectivity index (χ3v) is 7.26. The number of carbonyl (C=O) groups excluding carboxylic acids is 2. The molecule has 1 N–H and O–H groups in total. The second kappa shape index (κ2) is 9.66. The van der Waals surface area contributed by atoms with E-state index in [2.05, 4.69) is 10.3 Å². The molecular weight excluding hydrogens is 471 g/mol. The van der Waals surface area contributed by atoms with Crippen LogP contribution in [-0.4, -0.2) is 34.8 Å². The molecule has 0 unspecified atom stereocenters. The predicted molar refractivity (Wildman–Crippen MR) is 135 cm³/mol. The van der Waals surface area contributed by atoms with Crippen LogP contribution in [-0.2, 0) is 4.79 Å². The molecule has 0 radical (unpaired) electrons. The van der Waals surface area contributed by atoms with E-state index < -0.39 is 23.1 Å². The number of halogens is 1. The quantitative estimate of drug-likeness (QED) is 0.385. The number of rotatable bonds is 4. The number of nitrogens with zero attached hydrogens (tertiary/aromatic N) is 3. The normalized spacial score (nSPS) is 16.6. The van der Waals surface area contributed by atoms with Gasteiger partial charge >= 0.3 is 0 Å². The lowest BCUT2D eigenvalue weighted by Crippen LogP contribution is -2.40. The second-order valence-electron chi connectivity index (χ2n) is 10.0. The molecule has 7 nitrogen and oxygen atoms in total. The molecule has 0 aliphatic carbocycles. The highest BCUT2D eigenvalue weighted by molar-refractivity contribution is 5.94. The summed E-state index contributed by atoms with van der Waals surface area (Å²) in [5, 5.41) is 11.2. The Labute approximate surface area is 214 Å². The molecule has 188 valence electrons. The molecule has 0 spiro atoms. The van der Waals surface area contributed by atoms with Gasteiger partial charge in [0.05, 0.1) is 11.1 Å². The Morgan fingerprint density at radius 1 is 1.05 bits per heavy atom. The van der Waals surface area contributed by atoms with E-state index in [1.807, 2.05) is 29.2 Å². The van der Waals surface area contributed by atoms with Gasteiger partial charge in [0, 0.05) is 41.3 Å². The monoisotopic (exact) mass is 498 g/mol. The van der Waals surface area contributed by atoms with E-state index in [0.717, 1.165) is 37.9 Å². The highest BCUT2D eigenvalue weighted by Gasteiger charge is 2.44. The summed E-state index contributed by atoms with van der Waals surface area (Å²) in [5.41, 5.74) is 2.03. The molecule has 8 heteroatoms. The lowest BCUT2D eigenvalue weighted by Gasteiger charge is -2.37. The number of benzene rings is 2. The Hall–Kier alpha value is -4.25. The maximum absolute atomic E-state index is 14.8. The van der Waals surface area contributed by atoms with Crippen LogP contribution in [0.4, 0.5) is 4.39 Å². The smallest absolute Gasteiger partial charge is 0.253 e. The van der Waals surface area contributed by atoms with Crippen LogP contribution in [0.5, 0.6) is 11.6 Å². The van der Waals surface area contributed by atoms with Crippen LogP contribution in [0.3, 0.4) is 0 Å². The van der Waals surface area contributed by atoms with E-state index in [1.165, 1.54) is 6.07 Å². The van der Waals surface area contributed by atoms with Crippen LogP contribution < -0.4 is 10.1 Å². The topological polar surface area (TPSA) is 95.3 Å². The number of nitrogens with one attached hydrogen (secondary N) is 1. The van der Waals surface area contributed by atoms with Gasteiger partial charge in [0.1, 0.15) is 0 Å². The van der Waals surface area contributed by atoms with Crippen LogP contribution >= 0.6 is 0 Å². The van der Waals surface area contributed by atoms with Gasteiger partial charge in [-0.3, -0.25) is 14.9 Å². The fourth-order valence-corrected chi connectivity index (χ4v) is 5.22. The molecule has 1 atom stereocenters. The van der Waals surface area contributed by atoms with E-state index in [1.54, 1.807) is 44.3 Å². The van der Waals surface area contributed by atoms with Gasteiger partial charge < -0.3 is 9.64 Å². The Kier molecular flexibility index (Phi) is 6.38. The van der Waals surface area contributed by atoms with Gasteiger partial charge in [-0.2, -0.15) is 5.26 Å². The van der Waals surface area contributed by atoms with Gasteiger partial charge in [0.2, 0.25) is 11.8 Å². The van der Waals surface area contributed by atoms with Gasteiger partial charge in [-0.25, -0.2) is 9.37 Å². The number of piperidine rings is 1. The molecule has 0 bridgehead atoms. The first kappa shape index (κ1) is 24.4. The van der Waals surface area contributed by atoms with Crippen molar-refractivity contribution in [1.29, 1.82) is 5.26 Å². The summed E-state index contributed by atoms with van der Waals surface area (Å²) in [4.78, 5) is 32.2. The van der Waals surface area contributed by atoms with E-state index in [0.29, 0.717) is 22.4 Å². The minimum Gasteiger partial charge on any atom is -0.435 e.